The lowest BCUT2D eigenvalue weighted by atomic mass is 9.95. The molecule has 0 amide bonds. The van der Waals surface area contributed by atoms with E-state index in [1.165, 1.54) is 57.8 Å². The summed E-state index contributed by atoms with van der Waals surface area (Å²) in [6, 6.07) is 0. The van der Waals surface area contributed by atoms with Crippen LogP contribution in [-0.4, -0.2) is 28.7 Å². The second kappa shape index (κ2) is 13.6. The molecule has 0 radical (unpaired) electrons. The van der Waals surface area contributed by atoms with Crippen molar-refractivity contribution in [3.8, 4) is 0 Å². The molecule has 2 nitrogen and oxygen atoms in total. The van der Waals surface area contributed by atoms with E-state index in [2.05, 4.69) is 26.1 Å². The zero-order valence-corrected chi connectivity index (χ0v) is 16.2. The summed E-state index contributed by atoms with van der Waals surface area (Å²) < 4.78 is 0. The quantitative estimate of drug-likeness (QED) is 0.299. The molecule has 0 saturated heterocycles. The minimum absolute atomic E-state index is 0.00266. The molecule has 0 bridgehead atoms. The number of hydrogen-bond acceptors (Lipinski definition) is 2. The number of β-amino-alcohol motifs (C(OH)–C–C–N with tert-alkyl or cyclic N) is 1. The molecular formula is C19H40ClNO. The molecule has 0 aliphatic heterocycles. The molecule has 0 aliphatic rings. The molecule has 0 fully saturated rings. The largest absolute Gasteiger partial charge is 0.392 e. The van der Waals surface area contributed by atoms with Gasteiger partial charge in [0.2, 0.25) is 0 Å². The summed E-state index contributed by atoms with van der Waals surface area (Å²) in [5, 5.41) is 13.0. The Morgan fingerprint density at radius 2 is 1.45 bits per heavy atom. The number of hydrogen-bond donors (Lipinski definition) is 2. The topological polar surface area (TPSA) is 32.3 Å². The van der Waals surface area contributed by atoms with Crippen LogP contribution in [0.2, 0.25) is 0 Å². The highest BCUT2D eigenvalue weighted by Crippen LogP contribution is 2.21. The van der Waals surface area contributed by atoms with E-state index < -0.39 is 0 Å². The molecular weight excluding hydrogens is 294 g/mol. The number of unbranched alkanes of at least 4 members (excludes halogenated alkanes) is 8. The van der Waals surface area contributed by atoms with Crippen LogP contribution in [0.25, 0.3) is 0 Å². The monoisotopic (exact) mass is 333 g/mol. The zero-order chi connectivity index (χ0) is 16.8. The van der Waals surface area contributed by atoms with Crippen molar-refractivity contribution < 1.29 is 5.11 Å². The molecule has 0 heterocycles. The summed E-state index contributed by atoms with van der Waals surface area (Å²) in [5.41, 5.74) is 0.00266. The number of aliphatic hydroxyl groups is 1. The molecule has 0 spiro atoms. The van der Waals surface area contributed by atoms with Crippen LogP contribution in [0.5, 0.6) is 0 Å². The van der Waals surface area contributed by atoms with E-state index in [-0.39, 0.29) is 17.0 Å². The van der Waals surface area contributed by atoms with Gasteiger partial charge in [0, 0.05) is 17.5 Å². The Morgan fingerprint density at radius 3 is 1.95 bits per heavy atom. The Labute approximate surface area is 144 Å². The maximum absolute atomic E-state index is 9.35. The fraction of sp³-hybridized carbons (Fsp3) is 1.00. The number of nitrogens with one attached hydrogen (secondary N) is 1. The van der Waals surface area contributed by atoms with Crippen LogP contribution in [0.1, 0.15) is 98.3 Å². The van der Waals surface area contributed by atoms with Crippen molar-refractivity contribution in [2.24, 2.45) is 0 Å². The highest BCUT2D eigenvalue weighted by atomic mass is 35.5. The summed E-state index contributed by atoms with van der Waals surface area (Å²) in [4.78, 5) is 0. The Balaban J connectivity index is 3.50. The van der Waals surface area contributed by atoms with E-state index in [0.717, 1.165) is 12.8 Å². The van der Waals surface area contributed by atoms with Crippen LogP contribution in [0.4, 0.5) is 0 Å². The van der Waals surface area contributed by atoms with Crippen LogP contribution >= 0.6 is 11.6 Å². The van der Waals surface area contributed by atoms with E-state index in [1.807, 2.05) is 6.92 Å². The predicted octanol–water partition coefficient (Wildman–Crippen LogP) is 5.65. The van der Waals surface area contributed by atoms with Gasteiger partial charge in [-0.25, -0.2) is 0 Å². The van der Waals surface area contributed by atoms with Gasteiger partial charge in [0.1, 0.15) is 0 Å². The molecule has 134 valence electrons. The van der Waals surface area contributed by atoms with Crippen molar-refractivity contribution >= 4 is 11.6 Å². The Hall–Kier alpha value is 0.210. The standard InChI is InChI=1S/C19H40ClNO/c1-5-6-7-8-9-10-11-12-13-14-18(20)15-19(3,4)21-16-17(2)22/h17-18,21-22H,5-16H2,1-4H3. The molecule has 0 aromatic carbocycles. The molecule has 2 N–H and O–H groups in total. The van der Waals surface area contributed by atoms with Crippen LogP contribution in [0, 0.1) is 0 Å². The van der Waals surface area contributed by atoms with Gasteiger partial charge in [0.25, 0.3) is 0 Å². The third-order valence-corrected chi connectivity index (χ3v) is 4.60. The molecule has 22 heavy (non-hydrogen) atoms. The minimum atomic E-state index is -0.301. The van der Waals surface area contributed by atoms with Gasteiger partial charge in [-0.05, 0) is 33.6 Å². The van der Waals surface area contributed by atoms with Crippen molar-refractivity contribution in [1.29, 1.82) is 0 Å². The fourth-order valence-electron chi connectivity index (χ4n) is 2.83. The van der Waals surface area contributed by atoms with Crippen molar-refractivity contribution in [2.75, 3.05) is 6.54 Å². The van der Waals surface area contributed by atoms with Crippen molar-refractivity contribution in [3.05, 3.63) is 0 Å². The lowest BCUT2D eigenvalue weighted by Gasteiger charge is -2.29. The highest BCUT2D eigenvalue weighted by Gasteiger charge is 2.21. The third kappa shape index (κ3) is 15.1. The van der Waals surface area contributed by atoms with Crippen LogP contribution in [0.3, 0.4) is 0 Å². The lowest BCUT2D eigenvalue weighted by Crippen LogP contribution is -2.44. The number of rotatable bonds is 15. The maximum Gasteiger partial charge on any atom is 0.0636 e. The van der Waals surface area contributed by atoms with E-state index in [1.54, 1.807) is 0 Å². The first-order valence-electron chi connectivity index (χ1n) is 9.44. The predicted molar refractivity (Wildman–Crippen MR) is 99.9 cm³/mol. The van der Waals surface area contributed by atoms with Crippen molar-refractivity contribution in [3.63, 3.8) is 0 Å². The molecule has 0 aromatic heterocycles. The van der Waals surface area contributed by atoms with Crippen LogP contribution in [-0.2, 0) is 0 Å². The average Bonchev–Trinajstić information content (AvgIpc) is 2.43. The normalized spacial score (nSPS) is 15.0. The van der Waals surface area contributed by atoms with Crippen molar-refractivity contribution in [1.82, 2.24) is 5.32 Å². The van der Waals surface area contributed by atoms with Gasteiger partial charge in [0.05, 0.1) is 6.10 Å². The van der Waals surface area contributed by atoms with E-state index >= 15 is 0 Å². The second-order valence-corrected chi connectivity index (χ2v) is 8.15. The van der Waals surface area contributed by atoms with Gasteiger partial charge in [-0.1, -0.05) is 64.7 Å². The van der Waals surface area contributed by atoms with E-state index in [0.29, 0.717) is 6.54 Å². The van der Waals surface area contributed by atoms with Gasteiger partial charge in [-0.3, -0.25) is 0 Å². The first kappa shape index (κ1) is 22.2. The number of aliphatic hydroxyl groups excluding tert-OH is 1. The fourth-order valence-corrected chi connectivity index (χ4v) is 3.37. The molecule has 0 aliphatic carbocycles. The summed E-state index contributed by atoms with van der Waals surface area (Å²) in [6.07, 6.45) is 14.0. The molecule has 0 saturated carbocycles. The van der Waals surface area contributed by atoms with Gasteiger partial charge in [-0.2, -0.15) is 0 Å². The Kier molecular flexibility index (Phi) is 13.8. The van der Waals surface area contributed by atoms with Crippen LogP contribution < -0.4 is 5.32 Å². The zero-order valence-electron chi connectivity index (χ0n) is 15.5. The van der Waals surface area contributed by atoms with E-state index in [4.69, 9.17) is 11.6 Å². The highest BCUT2D eigenvalue weighted by molar-refractivity contribution is 6.20. The SMILES string of the molecule is CCCCCCCCCCCC(Cl)CC(C)(C)NCC(C)O. The van der Waals surface area contributed by atoms with Crippen molar-refractivity contribution in [2.45, 2.75) is 115 Å². The summed E-state index contributed by atoms with van der Waals surface area (Å²) in [5.74, 6) is 0. The Morgan fingerprint density at radius 1 is 0.955 bits per heavy atom. The molecule has 2 atom stereocenters. The molecule has 3 heteroatoms. The smallest absolute Gasteiger partial charge is 0.0636 e. The average molecular weight is 334 g/mol. The summed E-state index contributed by atoms with van der Waals surface area (Å²) in [7, 11) is 0. The molecule has 2 unspecified atom stereocenters. The van der Waals surface area contributed by atoms with Gasteiger partial charge in [0.15, 0.2) is 0 Å². The third-order valence-electron chi connectivity index (χ3n) is 4.23. The Bertz CT molecular complexity index is 244. The van der Waals surface area contributed by atoms with Crippen LogP contribution in [0.15, 0.2) is 0 Å². The maximum atomic E-state index is 9.35. The molecule has 0 rings (SSSR count). The number of halogens is 1. The molecule has 0 aromatic rings. The summed E-state index contributed by atoms with van der Waals surface area (Å²) >= 11 is 6.48. The summed E-state index contributed by atoms with van der Waals surface area (Å²) in [6.45, 7) is 9.05. The van der Waals surface area contributed by atoms with Gasteiger partial charge in [-0.15, -0.1) is 11.6 Å². The lowest BCUT2D eigenvalue weighted by molar-refractivity contribution is 0.174. The second-order valence-electron chi connectivity index (χ2n) is 7.53. The first-order chi connectivity index (χ1) is 10.4. The first-order valence-corrected chi connectivity index (χ1v) is 9.88. The van der Waals surface area contributed by atoms with E-state index in [9.17, 15) is 5.11 Å². The minimum Gasteiger partial charge on any atom is -0.392 e. The van der Waals surface area contributed by atoms with Gasteiger partial charge < -0.3 is 10.4 Å². The van der Waals surface area contributed by atoms with Gasteiger partial charge >= 0.3 is 0 Å². The number of alkyl halides is 1.